The summed E-state index contributed by atoms with van der Waals surface area (Å²) in [7, 11) is 0. The normalized spacial score (nSPS) is 13.6. The Hall–Kier alpha value is -9.45. The molecule has 5 heterocycles. The average Bonchev–Trinajstić information content (AvgIpc) is 4.43. The van der Waals surface area contributed by atoms with Crippen LogP contribution in [0.1, 0.15) is 11.0 Å². The summed E-state index contributed by atoms with van der Waals surface area (Å²) in [5.41, 5.74) is 11.4. The van der Waals surface area contributed by atoms with Crippen LogP contribution in [-0.4, -0.2) is 23.3 Å². The van der Waals surface area contributed by atoms with Gasteiger partial charge in [0.1, 0.15) is 5.82 Å². The smallest absolute Gasteiger partial charge is 0.140 e. The summed E-state index contributed by atoms with van der Waals surface area (Å²) in [6, 6.07) is 65.0. The maximum Gasteiger partial charge on any atom is 0.140 e. The van der Waals surface area contributed by atoms with Crippen LogP contribution in [0.4, 0.5) is 0 Å². The molecule has 0 aliphatic rings. The minimum atomic E-state index is -0.514. The molecule has 0 unspecified atom stereocenters. The summed E-state index contributed by atoms with van der Waals surface area (Å²) in [5.74, 6) is 0.184. The molecule has 0 fully saturated rings. The zero-order valence-electron chi connectivity index (χ0n) is 45.3. The first-order chi connectivity index (χ1) is 38.1. The number of hydrogen-bond donors (Lipinski definition) is 0. The van der Waals surface area contributed by atoms with Crippen LogP contribution in [0.25, 0.3) is 132 Å². The highest BCUT2D eigenvalue weighted by Gasteiger charge is 2.24. The third-order valence-corrected chi connectivity index (χ3v) is 14.0. The zero-order chi connectivity index (χ0) is 52.8. The SMILES string of the molecule is [2H]c1c([2H])c([2H])c2c(c1[2H])c1c([2H])c([2H])c([2H])c([2H])c1n2-c1cc(-n2c3ccccc3c3ccccc32)cc(-c2c(-c3ccc4c(c3)c3ccccc3n4-c3ccccc3)cccc2-n2c3ccccc3c3ccccc32)n1. The second-order valence-corrected chi connectivity index (χ2v) is 17.7. The van der Waals surface area contributed by atoms with Crippen LogP contribution in [0.3, 0.4) is 0 Å². The lowest BCUT2D eigenvalue weighted by Gasteiger charge is -2.20. The Morgan fingerprint density at radius 1 is 0.314 bits per heavy atom. The highest BCUT2D eigenvalue weighted by molar-refractivity contribution is 6.14. The molecule has 0 aliphatic heterocycles. The molecule has 0 saturated carbocycles. The van der Waals surface area contributed by atoms with Gasteiger partial charge in [-0.2, -0.15) is 0 Å². The van der Waals surface area contributed by atoms with Crippen molar-refractivity contribution < 1.29 is 11.0 Å². The number of fused-ring (bicyclic) bond motifs is 12. The number of hydrogen-bond acceptors (Lipinski definition) is 1. The van der Waals surface area contributed by atoms with Crippen molar-refractivity contribution in [2.75, 3.05) is 0 Å². The van der Waals surface area contributed by atoms with Crippen molar-refractivity contribution in [1.82, 2.24) is 23.3 Å². The molecule has 0 radical (unpaired) electrons. The minimum Gasteiger partial charge on any atom is -0.309 e. The van der Waals surface area contributed by atoms with E-state index in [-0.39, 0.29) is 27.6 Å². The number of nitrogens with zero attached hydrogens (tertiary/aromatic N) is 5. The van der Waals surface area contributed by atoms with E-state index in [0.717, 1.165) is 93.5 Å². The molecule has 15 rings (SSSR count). The van der Waals surface area contributed by atoms with Gasteiger partial charge in [-0.1, -0.05) is 164 Å². The largest absolute Gasteiger partial charge is 0.309 e. The Bertz CT molecular complexity index is 4900. The lowest BCUT2D eigenvalue weighted by Crippen LogP contribution is -2.06. The van der Waals surface area contributed by atoms with Crippen LogP contribution in [0, 0.1) is 0 Å². The van der Waals surface area contributed by atoms with Crippen LogP contribution in [0.5, 0.6) is 0 Å². The van der Waals surface area contributed by atoms with Crippen LogP contribution in [-0.2, 0) is 0 Å². The van der Waals surface area contributed by atoms with E-state index < -0.39 is 48.3 Å². The molecule has 0 saturated heterocycles. The molecule has 70 heavy (non-hydrogen) atoms. The molecular formula is C65H41N5. The molecule has 5 aromatic heterocycles. The third-order valence-electron chi connectivity index (χ3n) is 14.0. The molecule has 0 N–H and O–H groups in total. The summed E-state index contributed by atoms with van der Waals surface area (Å²) >= 11 is 0. The van der Waals surface area contributed by atoms with E-state index in [1.807, 2.05) is 48.5 Å². The van der Waals surface area contributed by atoms with Crippen molar-refractivity contribution in [2.24, 2.45) is 0 Å². The molecular weight excluding hydrogens is 851 g/mol. The predicted octanol–water partition coefficient (Wildman–Crippen LogP) is 16.8. The zero-order valence-corrected chi connectivity index (χ0v) is 37.3. The van der Waals surface area contributed by atoms with Crippen LogP contribution in [0.2, 0.25) is 0 Å². The molecule has 10 aromatic carbocycles. The van der Waals surface area contributed by atoms with Crippen molar-refractivity contribution in [2.45, 2.75) is 0 Å². The first kappa shape index (κ1) is 31.5. The summed E-state index contributed by atoms with van der Waals surface area (Å²) < 4.78 is 81.8. The highest BCUT2D eigenvalue weighted by Crippen LogP contribution is 2.45. The number of aromatic nitrogens is 5. The monoisotopic (exact) mass is 899 g/mol. The van der Waals surface area contributed by atoms with Gasteiger partial charge in [0.05, 0.1) is 72.2 Å². The fourth-order valence-corrected chi connectivity index (χ4v) is 11.1. The third kappa shape index (κ3) is 5.57. The van der Waals surface area contributed by atoms with E-state index in [2.05, 4.69) is 165 Å². The van der Waals surface area contributed by atoms with E-state index in [1.54, 1.807) is 0 Å². The predicted molar refractivity (Wildman–Crippen MR) is 292 cm³/mol. The van der Waals surface area contributed by atoms with Crippen molar-refractivity contribution in [3.05, 3.63) is 249 Å². The minimum absolute atomic E-state index is 0.0167. The van der Waals surface area contributed by atoms with E-state index in [4.69, 9.17) is 10.5 Å². The van der Waals surface area contributed by atoms with Gasteiger partial charge in [-0.15, -0.1) is 0 Å². The second-order valence-electron chi connectivity index (χ2n) is 17.7. The first-order valence-corrected chi connectivity index (χ1v) is 23.3. The Balaban J connectivity index is 1.13. The second kappa shape index (κ2) is 15.0. The van der Waals surface area contributed by atoms with Crippen molar-refractivity contribution in [1.29, 1.82) is 0 Å². The fourth-order valence-electron chi connectivity index (χ4n) is 11.1. The first-order valence-electron chi connectivity index (χ1n) is 27.3. The lowest BCUT2D eigenvalue weighted by molar-refractivity contribution is 1.06. The van der Waals surface area contributed by atoms with E-state index in [9.17, 15) is 5.48 Å². The quantitative estimate of drug-likeness (QED) is 0.164. The van der Waals surface area contributed by atoms with Gasteiger partial charge in [-0.3, -0.25) is 4.57 Å². The number of pyridine rings is 1. The number of benzene rings is 10. The van der Waals surface area contributed by atoms with Gasteiger partial charge < -0.3 is 13.7 Å². The van der Waals surface area contributed by atoms with Gasteiger partial charge in [-0.25, -0.2) is 4.98 Å². The van der Waals surface area contributed by atoms with Gasteiger partial charge in [0, 0.05) is 60.4 Å². The molecule has 326 valence electrons. The molecule has 0 atom stereocenters. The van der Waals surface area contributed by atoms with Crippen LogP contribution < -0.4 is 0 Å². The summed E-state index contributed by atoms with van der Waals surface area (Å²) in [6.45, 7) is 0. The van der Waals surface area contributed by atoms with Crippen molar-refractivity contribution in [3.8, 4) is 45.3 Å². The van der Waals surface area contributed by atoms with Crippen molar-refractivity contribution in [3.63, 3.8) is 0 Å². The van der Waals surface area contributed by atoms with E-state index >= 15 is 0 Å². The summed E-state index contributed by atoms with van der Waals surface area (Å²) in [5, 5.41) is 6.27. The molecule has 5 nitrogen and oxygen atoms in total. The standard InChI is InChI=1S/C65H41N5/c1-2-19-43(20-3-1)67-57-31-13-10-27-52(57)53-39-42(37-38-62(53)67)45-28-18-36-63(69-58-32-14-6-23-48(58)49-24-7-15-33-59(49)69)65(45)54-40-44(68-55-29-11-4-21-46(55)47-22-5-12-30-56(47)68)41-64(66-54)70-60-34-16-8-25-50(60)51-26-9-17-35-61(51)70/h1-41H/i8D,9D,16D,17D,25D,26D,34D,35D. The Morgan fingerprint density at radius 3 is 1.36 bits per heavy atom. The van der Waals surface area contributed by atoms with E-state index in [0.29, 0.717) is 11.4 Å². The molecule has 0 bridgehead atoms. The molecule has 5 heteroatoms. The molecule has 0 aliphatic carbocycles. The number of rotatable bonds is 6. The molecule has 0 amide bonds. The van der Waals surface area contributed by atoms with E-state index in [1.165, 1.54) is 4.57 Å². The van der Waals surface area contributed by atoms with Gasteiger partial charge in [0.2, 0.25) is 0 Å². The van der Waals surface area contributed by atoms with Gasteiger partial charge in [0.25, 0.3) is 0 Å². The summed E-state index contributed by atoms with van der Waals surface area (Å²) in [6.07, 6.45) is 0. The molecule has 15 aromatic rings. The average molecular weight is 900 g/mol. The molecule has 0 spiro atoms. The topological polar surface area (TPSA) is 32.6 Å². The van der Waals surface area contributed by atoms with Crippen LogP contribution >= 0.6 is 0 Å². The van der Waals surface area contributed by atoms with Gasteiger partial charge >= 0.3 is 0 Å². The maximum atomic E-state index is 9.57. The Kier molecular flexibility index (Phi) is 6.76. The summed E-state index contributed by atoms with van der Waals surface area (Å²) in [4.78, 5) is 5.66. The van der Waals surface area contributed by atoms with Gasteiger partial charge in [0.15, 0.2) is 0 Å². The number of para-hydroxylation sites is 8. The Labute approximate surface area is 413 Å². The highest BCUT2D eigenvalue weighted by atomic mass is 15.1. The Morgan fingerprint density at radius 2 is 0.786 bits per heavy atom. The van der Waals surface area contributed by atoms with Crippen LogP contribution in [0.15, 0.2) is 249 Å². The van der Waals surface area contributed by atoms with Gasteiger partial charge in [-0.05, 0) is 89.9 Å². The van der Waals surface area contributed by atoms with Crippen molar-refractivity contribution >= 4 is 87.2 Å². The lowest BCUT2D eigenvalue weighted by atomic mass is 9.94. The fraction of sp³-hybridized carbons (Fsp3) is 0. The maximum absolute atomic E-state index is 9.57.